The lowest BCUT2D eigenvalue weighted by Crippen LogP contribution is -2.28. The molecule has 2 heterocycles. The molecule has 1 aromatic heterocycles. The minimum absolute atomic E-state index is 0.136. The molecular weight excluding hydrogens is 434 g/mol. The SMILES string of the molecule is COc1ccccc1/C=N\N=C1\S/C(=C\C(C)=C\c2ccccc2)C(=O)N1Cc1ccco1. The fraction of sp³-hybridized carbons (Fsp3) is 0.115. The summed E-state index contributed by atoms with van der Waals surface area (Å²) in [6, 6.07) is 21.1. The van der Waals surface area contributed by atoms with Crippen LogP contribution in [0.5, 0.6) is 5.75 Å². The van der Waals surface area contributed by atoms with E-state index in [1.165, 1.54) is 11.8 Å². The van der Waals surface area contributed by atoms with Crippen LogP contribution in [-0.4, -0.2) is 29.3 Å². The van der Waals surface area contributed by atoms with Gasteiger partial charge in [-0.1, -0.05) is 48.5 Å². The molecule has 1 amide bonds. The highest BCUT2D eigenvalue weighted by Crippen LogP contribution is 2.33. The largest absolute Gasteiger partial charge is 0.496 e. The van der Waals surface area contributed by atoms with Gasteiger partial charge in [-0.3, -0.25) is 9.69 Å². The number of amides is 1. The van der Waals surface area contributed by atoms with Crippen LogP contribution in [0.15, 0.2) is 104 Å². The summed E-state index contributed by atoms with van der Waals surface area (Å²) in [5, 5.41) is 9.06. The third-order valence-electron chi connectivity index (χ3n) is 4.81. The molecule has 0 saturated carbocycles. The molecule has 0 radical (unpaired) electrons. The standard InChI is InChI=1S/C26H23N3O3S/c1-19(15-20-9-4-3-5-10-20)16-24-25(30)29(18-22-12-8-14-32-22)26(33-24)28-27-17-21-11-6-7-13-23(21)31-2/h3-17H,18H2,1-2H3/b19-15+,24-16-,27-17-,28-26+. The Hall–Kier alpha value is -3.84. The molecule has 4 rings (SSSR count). The molecule has 0 unspecified atom stereocenters. The number of carbonyl (C=O) groups excluding carboxylic acids is 1. The van der Waals surface area contributed by atoms with Crippen molar-refractivity contribution in [3.63, 3.8) is 0 Å². The van der Waals surface area contributed by atoms with E-state index in [2.05, 4.69) is 10.2 Å². The Balaban J connectivity index is 1.61. The Morgan fingerprint density at radius 1 is 1.09 bits per heavy atom. The maximum Gasteiger partial charge on any atom is 0.267 e. The number of ether oxygens (including phenoxy) is 1. The number of hydrogen-bond acceptors (Lipinski definition) is 6. The number of furan rings is 1. The van der Waals surface area contributed by atoms with Crippen LogP contribution in [0.4, 0.5) is 0 Å². The summed E-state index contributed by atoms with van der Waals surface area (Å²) in [5.41, 5.74) is 2.84. The van der Waals surface area contributed by atoms with Crippen LogP contribution < -0.4 is 4.74 Å². The normalized spacial score (nSPS) is 17.0. The Morgan fingerprint density at radius 3 is 2.64 bits per heavy atom. The van der Waals surface area contributed by atoms with Crippen LogP contribution >= 0.6 is 11.8 Å². The number of methoxy groups -OCH3 is 1. The highest BCUT2D eigenvalue weighted by molar-refractivity contribution is 8.18. The van der Waals surface area contributed by atoms with Crippen molar-refractivity contribution in [3.05, 3.63) is 106 Å². The van der Waals surface area contributed by atoms with Crippen molar-refractivity contribution in [2.45, 2.75) is 13.5 Å². The highest BCUT2D eigenvalue weighted by atomic mass is 32.2. The summed E-state index contributed by atoms with van der Waals surface area (Å²) in [6.07, 6.45) is 7.11. The molecule has 0 spiro atoms. The highest BCUT2D eigenvalue weighted by Gasteiger charge is 2.34. The monoisotopic (exact) mass is 457 g/mol. The first-order chi connectivity index (χ1) is 16.1. The third-order valence-corrected chi connectivity index (χ3v) is 5.81. The van der Waals surface area contributed by atoms with E-state index < -0.39 is 0 Å². The van der Waals surface area contributed by atoms with Crippen molar-refractivity contribution in [3.8, 4) is 5.75 Å². The Labute approximate surface area is 197 Å². The van der Waals surface area contributed by atoms with Gasteiger partial charge in [-0.15, -0.1) is 5.10 Å². The second-order valence-electron chi connectivity index (χ2n) is 7.25. The molecule has 166 valence electrons. The van der Waals surface area contributed by atoms with Crippen LogP contribution in [0.3, 0.4) is 0 Å². The van der Waals surface area contributed by atoms with E-state index in [-0.39, 0.29) is 12.5 Å². The summed E-state index contributed by atoms with van der Waals surface area (Å²) < 4.78 is 10.8. The summed E-state index contributed by atoms with van der Waals surface area (Å²) >= 11 is 1.29. The second kappa shape index (κ2) is 10.7. The van der Waals surface area contributed by atoms with Gasteiger partial charge in [-0.25, -0.2) is 0 Å². The van der Waals surface area contributed by atoms with Gasteiger partial charge in [0.25, 0.3) is 5.91 Å². The minimum Gasteiger partial charge on any atom is -0.496 e. The maximum absolute atomic E-state index is 13.2. The molecule has 0 N–H and O–H groups in total. The fourth-order valence-corrected chi connectivity index (χ4v) is 4.24. The number of benzene rings is 2. The number of thioether (sulfide) groups is 1. The Kier molecular flexibility index (Phi) is 7.22. The van der Waals surface area contributed by atoms with Crippen molar-refractivity contribution in [2.75, 3.05) is 7.11 Å². The van der Waals surface area contributed by atoms with Crippen LogP contribution in [0.2, 0.25) is 0 Å². The van der Waals surface area contributed by atoms with Crippen molar-refractivity contribution in [1.29, 1.82) is 0 Å². The molecule has 0 aliphatic carbocycles. The molecule has 2 aromatic carbocycles. The first kappa shape index (κ1) is 22.4. The minimum atomic E-state index is -0.136. The zero-order chi connectivity index (χ0) is 23.0. The number of amidine groups is 1. The molecule has 6 nitrogen and oxygen atoms in total. The van der Waals surface area contributed by atoms with E-state index in [1.54, 1.807) is 30.6 Å². The number of nitrogens with zero attached hydrogens (tertiary/aromatic N) is 3. The van der Waals surface area contributed by atoms with Gasteiger partial charge in [0.1, 0.15) is 11.5 Å². The van der Waals surface area contributed by atoms with Gasteiger partial charge in [0.2, 0.25) is 0 Å². The second-order valence-corrected chi connectivity index (χ2v) is 8.26. The molecule has 1 fully saturated rings. The Morgan fingerprint density at radius 2 is 1.88 bits per heavy atom. The molecule has 7 heteroatoms. The third kappa shape index (κ3) is 5.70. The van der Waals surface area contributed by atoms with Crippen LogP contribution in [0, 0.1) is 0 Å². The first-order valence-corrected chi connectivity index (χ1v) is 11.2. The van der Waals surface area contributed by atoms with Crippen molar-refractivity contribution >= 4 is 35.1 Å². The number of rotatable bonds is 7. The molecule has 1 saturated heterocycles. The summed E-state index contributed by atoms with van der Waals surface area (Å²) in [4.78, 5) is 15.3. The Bertz CT molecular complexity index is 1230. The van der Waals surface area contributed by atoms with Crippen LogP contribution in [0.1, 0.15) is 23.8 Å². The average Bonchev–Trinajstić information content (AvgIpc) is 3.44. The number of allylic oxidation sites excluding steroid dienone is 2. The number of hydrogen-bond donors (Lipinski definition) is 0. The van der Waals surface area contributed by atoms with E-state index in [0.717, 1.165) is 16.7 Å². The van der Waals surface area contributed by atoms with Gasteiger partial charge >= 0.3 is 0 Å². The van der Waals surface area contributed by atoms with Gasteiger partial charge in [-0.05, 0) is 60.2 Å². The van der Waals surface area contributed by atoms with Crippen LogP contribution in [-0.2, 0) is 11.3 Å². The van der Waals surface area contributed by atoms with E-state index in [9.17, 15) is 4.79 Å². The first-order valence-electron chi connectivity index (χ1n) is 10.4. The van der Waals surface area contributed by atoms with Crippen molar-refractivity contribution in [1.82, 2.24) is 4.90 Å². The fourth-order valence-electron chi connectivity index (χ4n) is 3.25. The molecule has 0 bridgehead atoms. The molecular formula is C26H23N3O3S. The van der Waals surface area contributed by atoms with Crippen molar-refractivity contribution in [2.24, 2.45) is 10.2 Å². The predicted octanol–water partition coefficient (Wildman–Crippen LogP) is 5.74. The summed E-state index contributed by atoms with van der Waals surface area (Å²) in [6.45, 7) is 2.25. The number of para-hydroxylation sites is 1. The number of carbonyl (C=O) groups is 1. The molecule has 1 aliphatic heterocycles. The zero-order valence-corrected chi connectivity index (χ0v) is 19.2. The lowest BCUT2D eigenvalue weighted by atomic mass is 10.1. The van der Waals surface area contributed by atoms with Gasteiger partial charge in [0.15, 0.2) is 5.17 Å². The predicted molar refractivity (Wildman–Crippen MR) is 133 cm³/mol. The van der Waals surface area contributed by atoms with Gasteiger partial charge in [0.05, 0.1) is 31.0 Å². The van der Waals surface area contributed by atoms with Gasteiger partial charge < -0.3 is 9.15 Å². The topological polar surface area (TPSA) is 67.4 Å². The smallest absolute Gasteiger partial charge is 0.267 e. The van der Waals surface area contributed by atoms with Crippen molar-refractivity contribution < 1.29 is 13.9 Å². The average molecular weight is 458 g/mol. The lowest BCUT2D eigenvalue weighted by molar-refractivity contribution is -0.122. The molecule has 3 aromatic rings. The van der Waals surface area contributed by atoms with Crippen LogP contribution in [0.25, 0.3) is 6.08 Å². The van der Waals surface area contributed by atoms with Gasteiger partial charge in [-0.2, -0.15) is 5.10 Å². The van der Waals surface area contributed by atoms with E-state index in [4.69, 9.17) is 9.15 Å². The van der Waals surface area contributed by atoms with Gasteiger partial charge in [0, 0.05) is 5.56 Å². The van der Waals surface area contributed by atoms with E-state index >= 15 is 0 Å². The van der Waals surface area contributed by atoms with E-state index in [0.29, 0.717) is 21.6 Å². The maximum atomic E-state index is 13.2. The lowest BCUT2D eigenvalue weighted by Gasteiger charge is -2.12. The summed E-state index contributed by atoms with van der Waals surface area (Å²) in [5.74, 6) is 1.23. The quantitative estimate of drug-likeness (QED) is 0.258. The molecule has 0 atom stereocenters. The summed E-state index contributed by atoms with van der Waals surface area (Å²) in [7, 11) is 1.61. The zero-order valence-electron chi connectivity index (χ0n) is 18.3. The molecule has 1 aliphatic rings. The van der Waals surface area contributed by atoms with E-state index in [1.807, 2.05) is 79.7 Å². The molecule has 33 heavy (non-hydrogen) atoms.